The highest BCUT2D eigenvalue weighted by Gasteiger charge is 2.18. The summed E-state index contributed by atoms with van der Waals surface area (Å²) in [5.41, 5.74) is 3.29. The highest BCUT2D eigenvalue weighted by molar-refractivity contribution is 14.1. The maximum absolute atomic E-state index is 10.1. The van der Waals surface area contributed by atoms with Crippen molar-refractivity contribution < 1.29 is 5.11 Å². The summed E-state index contributed by atoms with van der Waals surface area (Å²) in [5.74, 6) is 0. The molecule has 0 aliphatic carbocycles. The van der Waals surface area contributed by atoms with Gasteiger partial charge in [0.05, 0.1) is 11.1 Å². The van der Waals surface area contributed by atoms with Crippen molar-refractivity contribution in [2.75, 3.05) is 0 Å². The molecule has 0 atom stereocenters. The van der Waals surface area contributed by atoms with Gasteiger partial charge in [-0.25, -0.2) is 0 Å². The van der Waals surface area contributed by atoms with Crippen molar-refractivity contribution in [2.45, 2.75) is 33.3 Å². The van der Waals surface area contributed by atoms with Crippen LogP contribution in [0.25, 0.3) is 10.9 Å². The van der Waals surface area contributed by atoms with Gasteiger partial charge in [0.2, 0.25) is 0 Å². The summed E-state index contributed by atoms with van der Waals surface area (Å²) in [6.07, 6.45) is 0. The summed E-state index contributed by atoms with van der Waals surface area (Å²) in [7, 11) is 0. The first-order valence-corrected chi connectivity index (χ1v) is 6.67. The number of aromatic nitrogens is 1. The molecule has 90 valence electrons. The van der Waals surface area contributed by atoms with Gasteiger partial charge in [-0.15, -0.1) is 0 Å². The normalized spacial score (nSPS) is 12.1. The zero-order chi connectivity index (χ0) is 12.8. The minimum absolute atomic E-state index is 0.813. The molecule has 0 aliphatic heterocycles. The summed E-state index contributed by atoms with van der Waals surface area (Å²) in [4.78, 5) is 4.57. The van der Waals surface area contributed by atoms with E-state index in [0.29, 0.717) is 0 Å². The SMILES string of the molecule is Cc1cc(I)c2cc(C(C)(C)O)cc(C)c2n1. The largest absolute Gasteiger partial charge is 0.386 e. The van der Waals surface area contributed by atoms with E-state index in [1.807, 2.05) is 39.8 Å². The number of nitrogens with zero attached hydrogens (tertiary/aromatic N) is 1. The van der Waals surface area contributed by atoms with Gasteiger partial charge in [0.25, 0.3) is 0 Å². The quantitative estimate of drug-likeness (QED) is 0.803. The van der Waals surface area contributed by atoms with Crippen LogP contribution in [0.4, 0.5) is 0 Å². The maximum Gasteiger partial charge on any atom is 0.0840 e. The number of fused-ring (bicyclic) bond motifs is 1. The van der Waals surface area contributed by atoms with Crippen molar-refractivity contribution in [1.29, 1.82) is 0 Å². The molecular formula is C14H16INO. The van der Waals surface area contributed by atoms with Gasteiger partial charge < -0.3 is 5.11 Å². The monoisotopic (exact) mass is 341 g/mol. The van der Waals surface area contributed by atoms with E-state index in [1.54, 1.807) is 0 Å². The van der Waals surface area contributed by atoms with Gasteiger partial charge in [-0.3, -0.25) is 4.98 Å². The summed E-state index contributed by atoms with van der Waals surface area (Å²) in [6, 6.07) is 6.12. The lowest BCUT2D eigenvalue weighted by atomic mass is 9.94. The molecule has 0 unspecified atom stereocenters. The number of pyridine rings is 1. The molecule has 0 saturated carbocycles. The molecule has 1 N–H and O–H groups in total. The van der Waals surface area contributed by atoms with E-state index < -0.39 is 5.60 Å². The third-order valence-corrected chi connectivity index (χ3v) is 3.78. The Kier molecular flexibility index (Phi) is 3.16. The van der Waals surface area contributed by atoms with Crippen LogP contribution in [0.3, 0.4) is 0 Å². The molecule has 2 nitrogen and oxygen atoms in total. The zero-order valence-electron chi connectivity index (χ0n) is 10.5. The first kappa shape index (κ1) is 12.8. The minimum Gasteiger partial charge on any atom is -0.386 e. The van der Waals surface area contributed by atoms with Crippen LogP contribution in [0.5, 0.6) is 0 Å². The lowest BCUT2D eigenvalue weighted by Crippen LogP contribution is -2.15. The first-order valence-electron chi connectivity index (χ1n) is 5.59. The average molecular weight is 341 g/mol. The summed E-state index contributed by atoms with van der Waals surface area (Å²) >= 11 is 2.32. The van der Waals surface area contributed by atoms with Crippen LogP contribution in [0.1, 0.15) is 30.7 Å². The van der Waals surface area contributed by atoms with E-state index in [9.17, 15) is 5.11 Å². The lowest BCUT2D eigenvalue weighted by Gasteiger charge is -2.19. The second-order valence-electron chi connectivity index (χ2n) is 4.99. The molecule has 0 spiro atoms. The Morgan fingerprint density at radius 2 is 1.82 bits per heavy atom. The summed E-state index contributed by atoms with van der Waals surface area (Å²) < 4.78 is 1.18. The predicted molar refractivity (Wildman–Crippen MR) is 79.2 cm³/mol. The topological polar surface area (TPSA) is 33.1 Å². The number of hydrogen-bond acceptors (Lipinski definition) is 2. The van der Waals surface area contributed by atoms with E-state index in [0.717, 1.165) is 27.7 Å². The third kappa shape index (κ3) is 2.45. The Morgan fingerprint density at radius 3 is 2.41 bits per heavy atom. The van der Waals surface area contributed by atoms with Crippen molar-refractivity contribution >= 4 is 33.5 Å². The van der Waals surface area contributed by atoms with Crippen LogP contribution in [-0.2, 0) is 5.60 Å². The van der Waals surface area contributed by atoms with Crippen molar-refractivity contribution in [3.8, 4) is 0 Å². The highest BCUT2D eigenvalue weighted by Crippen LogP contribution is 2.29. The molecule has 0 fully saturated rings. The Bertz CT molecular complexity index is 585. The first-order chi connectivity index (χ1) is 7.79. The second-order valence-corrected chi connectivity index (χ2v) is 6.16. The maximum atomic E-state index is 10.1. The van der Waals surface area contributed by atoms with E-state index in [1.165, 1.54) is 3.57 Å². The Balaban J connectivity index is 2.83. The second kappa shape index (κ2) is 4.21. The van der Waals surface area contributed by atoms with Crippen LogP contribution in [-0.4, -0.2) is 10.1 Å². The fourth-order valence-electron chi connectivity index (χ4n) is 1.93. The summed E-state index contributed by atoms with van der Waals surface area (Å²) in [6.45, 7) is 7.66. The van der Waals surface area contributed by atoms with Crippen LogP contribution in [0.15, 0.2) is 18.2 Å². The molecule has 0 radical (unpaired) electrons. The van der Waals surface area contributed by atoms with Gasteiger partial charge in [0.15, 0.2) is 0 Å². The molecule has 1 aromatic heterocycles. The number of aliphatic hydroxyl groups is 1. The van der Waals surface area contributed by atoms with Crippen molar-refractivity contribution in [3.63, 3.8) is 0 Å². The Labute approximate surface area is 115 Å². The number of aryl methyl sites for hydroxylation is 2. The fourth-order valence-corrected chi connectivity index (χ4v) is 2.79. The molecule has 17 heavy (non-hydrogen) atoms. The molecule has 0 saturated heterocycles. The molecule has 0 aliphatic rings. The fraction of sp³-hybridized carbons (Fsp3) is 0.357. The lowest BCUT2D eigenvalue weighted by molar-refractivity contribution is 0.0787. The number of rotatable bonds is 1. The molecule has 2 rings (SSSR count). The van der Waals surface area contributed by atoms with Gasteiger partial charge in [0.1, 0.15) is 0 Å². The summed E-state index contributed by atoms with van der Waals surface area (Å²) in [5, 5.41) is 11.2. The Hall–Kier alpha value is -0.680. The van der Waals surface area contributed by atoms with Crippen LogP contribution in [0.2, 0.25) is 0 Å². The standard InChI is InChI=1S/C14H16INO/c1-8-5-10(14(3,4)17)7-11-12(15)6-9(2)16-13(8)11/h5-7,17H,1-4H3. The molecule has 2 aromatic rings. The average Bonchev–Trinajstić information content (AvgIpc) is 2.17. The van der Waals surface area contributed by atoms with Crippen molar-refractivity contribution in [2.24, 2.45) is 0 Å². The van der Waals surface area contributed by atoms with E-state index in [-0.39, 0.29) is 0 Å². The predicted octanol–water partition coefficient (Wildman–Crippen LogP) is 3.68. The van der Waals surface area contributed by atoms with Crippen LogP contribution >= 0.6 is 22.6 Å². The number of hydrogen-bond donors (Lipinski definition) is 1. The molecule has 0 amide bonds. The zero-order valence-corrected chi connectivity index (χ0v) is 12.7. The van der Waals surface area contributed by atoms with Gasteiger partial charge in [-0.05, 0) is 73.5 Å². The van der Waals surface area contributed by atoms with E-state index >= 15 is 0 Å². The molecule has 1 heterocycles. The minimum atomic E-state index is -0.813. The molecule has 3 heteroatoms. The Morgan fingerprint density at radius 1 is 1.18 bits per heavy atom. The van der Waals surface area contributed by atoms with Gasteiger partial charge in [-0.2, -0.15) is 0 Å². The van der Waals surface area contributed by atoms with Crippen LogP contribution in [0, 0.1) is 17.4 Å². The van der Waals surface area contributed by atoms with Gasteiger partial charge in [-0.1, -0.05) is 6.07 Å². The molecule has 0 bridgehead atoms. The van der Waals surface area contributed by atoms with E-state index in [4.69, 9.17) is 0 Å². The van der Waals surface area contributed by atoms with Crippen molar-refractivity contribution in [3.05, 3.63) is 38.6 Å². The van der Waals surface area contributed by atoms with Gasteiger partial charge >= 0.3 is 0 Å². The number of benzene rings is 1. The molecular weight excluding hydrogens is 325 g/mol. The van der Waals surface area contributed by atoms with E-state index in [2.05, 4.69) is 33.6 Å². The van der Waals surface area contributed by atoms with Gasteiger partial charge in [0, 0.05) is 14.7 Å². The van der Waals surface area contributed by atoms with Crippen molar-refractivity contribution in [1.82, 2.24) is 4.98 Å². The molecule has 1 aromatic carbocycles. The number of halogens is 1. The smallest absolute Gasteiger partial charge is 0.0840 e. The van der Waals surface area contributed by atoms with Crippen LogP contribution < -0.4 is 0 Å². The highest BCUT2D eigenvalue weighted by atomic mass is 127. The third-order valence-electron chi connectivity index (χ3n) is 2.89.